The van der Waals surface area contributed by atoms with Gasteiger partial charge in [-0.2, -0.15) is 4.98 Å². The van der Waals surface area contributed by atoms with Crippen LogP contribution < -0.4 is 10.1 Å². The Bertz CT molecular complexity index is 900. The van der Waals surface area contributed by atoms with Crippen LogP contribution in [0.25, 0.3) is 11.1 Å². The lowest BCUT2D eigenvalue weighted by molar-refractivity contribution is -0.147. The number of nitrogens with zero attached hydrogens (tertiary/aromatic N) is 1. The van der Waals surface area contributed by atoms with Crippen LogP contribution in [-0.4, -0.2) is 29.5 Å². The third-order valence-corrected chi connectivity index (χ3v) is 3.79. The third-order valence-electron chi connectivity index (χ3n) is 3.79. The number of hydrogen-bond acceptors (Lipinski definition) is 6. The van der Waals surface area contributed by atoms with E-state index in [1.165, 1.54) is 6.92 Å². The van der Waals surface area contributed by atoms with Gasteiger partial charge < -0.3 is 19.2 Å². The molecule has 0 unspecified atom stereocenters. The van der Waals surface area contributed by atoms with Gasteiger partial charge in [-0.05, 0) is 36.8 Å². The van der Waals surface area contributed by atoms with Crippen molar-refractivity contribution in [3.63, 3.8) is 0 Å². The molecule has 0 saturated heterocycles. The summed E-state index contributed by atoms with van der Waals surface area (Å²) in [4.78, 5) is 27.6. The maximum atomic E-state index is 12.0. The van der Waals surface area contributed by atoms with Crippen molar-refractivity contribution in [1.29, 1.82) is 0 Å². The van der Waals surface area contributed by atoms with Crippen LogP contribution in [0.5, 0.6) is 11.8 Å². The van der Waals surface area contributed by atoms with Gasteiger partial charge in [-0.3, -0.25) is 4.79 Å². The fourth-order valence-corrected chi connectivity index (χ4v) is 2.61. The fourth-order valence-electron chi connectivity index (χ4n) is 2.61. The van der Waals surface area contributed by atoms with Crippen molar-refractivity contribution in [3.8, 4) is 11.8 Å². The Morgan fingerprint density at radius 3 is 2.56 bits per heavy atom. The summed E-state index contributed by atoms with van der Waals surface area (Å²) in [7, 11) is 0. The molecule has 0 fully saturated rings. The molecule has 7 nitrogen and oxygen atoms in total. The molecular formula is C20H20N2O5. The molecule has 140 valence electrons. The number of rotatable bonds is 7. The second-order valence-corrected chi connectivity index (χ2v) is 5.90. The van der Waals surface area contributed by atoms with Crippen LogP contribution in [0.3, 0.4) is 0 Å². The maximum absolute atomic E-state index is 12.0. The van der Waals surface area contributed by atoms with Crippen molar-refractivity contribution in [2.45, 2.75) is 26.3 Å². The average molecular weight is 368 g/mol. The number of para-hydroxylation sites is 2. The normalized spacial score (nSPS) is 11.8. The molecule has 0 bridgehead atoms. The fraction of sp³-hybridized carbons (Fsp3) is 0.250. The Labute approximate surface area is 156 Å². The molecule has 0 aliphatic carbocycles. The molecule has 7 heteroatoms. The average Bonchev–Trinajstić information content (AvgIpc) is 3.05. The summed E-state index contributed by atoms with van der Waals surface area (Å²) in [6, 6.07) is 13.8. The first kappa shape index (κ1) is 18.4. The number of amides is 1. The zero-order valence-corrected chi connectivity index (χ0v) is 15.1. The topological polar surface area (TPSA) is 90.7 Å². The van der Waals surface area contributed by atoms with Crippen molar-refractivity contribution >= 4 is 23.0 Å². The van der Waals surface area contributed by atoms with Gasteiger partial charge in [0.2, 0.25) is 5.91 Å². The first-order valence-electron chi connectivity index (χ1n) is 8.61. The number of esters is 1. The van der Waals surface area contributed by atoms with Crippen LogP contribution in [0, 0.1) is 0 Å². The van der Waals surface area contributed by atoms with Crippen LogP contribution in [0.4, 0.5) is 0 Å². The predicted octanol–water partition coefficient (Wildman–Crippen LogP) is 3.23. The summed E-state index contributed by atoms with van der Waals surface area (Å²) < 4.78 is 16.2. The molecule has 0 radical (unpaired) electrons. The lowest BCUT2D eigenvalue weighted by Gasteiger charge is -2.16. The Hall–Kier alpha value is -3.35. The van der Waals surface area contributed by atoms with E-state index >= 15 is 0 Å². The van der Waals surface area contributed by atoms with Gasteiger partial charge in [-0.25, -0.2) is 4.79 Å². The first-order chi connectivity index (χ1) is 13.0. The highest BCUT2D eigenvalue weighted by Gasteiger charge is 2.21. The summed E-state index contributed by atoms with van der Waals surface area (Å²) >= 11 is 0. The zero-order chi connectivity index (χ0) is 19.2. The van der Waals surface area contributed by atoms with Crippen LogP contribution in [0.1, 0.15) is 19.4 Å². The number of benzene rings is 2. The van der Waals surface area contributed by atoms with Crippen molar-refractivity contribution in [3.05, 3.63) is 54.1 Å². The number of carbonyl (C=O) groups excluding carboxylic acids is 2. The first-order valence-corrected chi connectivity index (χ1v) is 8.61. The molecule has 2 aromatic carbocycles. The molecule has 1 heterocycles. The minimum atomic E-state index is -0.730. The molecule has 1 N–H and O–H groups in total. The number of nitrogens with one attached hydrogen (secondary N) is 1. The minimum Gasteiger partial charge on any atom is -0.464 e. The highest BCUT2D eigenvalue weighted by atomic mass is 16.6. The van der Waals surface area contributed by atoms with Gasteiger partial charge in [0.25, 0.3) is 0 Å². The zero-order valence-electron chi connectivity index (χ0n) is 15.1. The van der Waals surface area contributed by atoms with E-state index in [4.69, 9.17) is 13.9 Å². The third kappa shape index (κ3) is 4.84. The molecule has 1 atom stereocenters. The summed E-state index contributed by atoms with van der Waals surface area (Å²) in [5.74, 6) is -0.194. The molecule has 3 rings (SSSR count). The van der Waals surface area contributed by atoms with E-state index in [0.717, 1.165) is 11.1 Å². The summed E-state index contributed by atoms with van der Waals surface area (Å²) in [6.45, 7) is 3.34. The second kappa shape index (κ2) is 8.35. The van der Waals surface area contributed by atoms with Crippen LogP contribution in [-0.2, 0) is 20.7 Å². The molecule has 3 aromatic rings. The Balaban J connectivity index is 1.68. The van der Waals surface area contributed by atoms with E-state index < -0.39 is 12.0 Å². The Morgan fingerprint density at radius 1 is 1.15 bits per heavy atom. The standard InChI is InChI=1S/C20H20N2O5/c1-3-25-19(24)17(21-13(2)23)12-14-8-10-15(11-9-14)26-20-22-16-6-4-5-7-18(16)27-20/h4-11,17H,3,12H2,1-2H3,(H,21,23)/t17-/m1/s1. The molecule has 0 saturated carbocycles. The van der Waals surface area contributed by atoms with Crippen molar-refractivity contribution in [2.75, 3.05) is 6.61 Å². The van der Waals surface area contributed by atoms with Crippen LogP contribution in [0.2, 0.25) is 0 Å². The Kier molecular flexibility index (Phi) is 5.71. The van der Waals surface area contributed by atoms with E-state index in [0.29, 0.717) is 17.8 Å². The lowest BCUT2D eigenvalue weighted by atomic mass is 10.1. The minimum absolute atomic E-state index is 0.159. The summed E-state index contributed by atoms with van der Waals surface area (Å²) in [5, 5.41) is 2.61. The SMILES string of the molecule is CCOC(=O)[C@@H](Cc1ccc(Oc2nc3ccccc3o2)cc1)NC(C)=O. The number of hydrogen-bond donors (Lipinski definition) is 1. The van der Waals surface area contributed by atoms with E-state index in [1.807, 2.05) is 36.4 Å². The monoisotopic (exact) mass is 368 g/mol. The van der Waals surface area contributed by atoms with Crippen molar-refractivity contribution < 1.29 is 23.5 Å². The molecule has 0 aliphatic heterocycles. The highest BCUT2D eigenvalue weighted by molar-refractivity contribution is 5.83. The van der Waals surface area contributed by atoms with Crippen molar-refractivity contribution in [2.24, 2.45) is 0 Å². The van der Waals surface area contributed by atoms with Crippen molar-refractivity contribution in [1.82, 2.24) is 10.3 Å². The van der Waals surface area contributed by atoms with E-state index in [2.05, 4.69) is 10.3 Å². The summed E-state index contributed by atoms with van der Waals surface area (Å²) in [6.07, 6.45) is 0.480. The quantitative estimate of drug-likeness (QED) is 0.644. The van der Waals surface area contributed by atoms with Gasteiger partial charge in [-0.15, -0.1) is 0 Å². The van der Waals surface area contributed by atoms with Crippen LogP contribution >= 0.6 is 0 Å². The predicted molar refractivity (Wildman–Crippen MR) is 98.5 cm³/mol. The number of fused-ring (bicyclic) bond motifs is 1. The van der Waals surface area contributed by atoms with Gasteiger partial charge in [0.05, 0.1) is 6.61 Å². The van der Waals surface area contributed by atoms with E-state index in [-0.39, 0.29) is 18.6 Å². The van der Waals surface area contributed by atoms with Gasteiger partial charge >= 0.3 is 12.0 Å². The van der Waals surface area contributed by atoms with Gasteiger partial charge in [0.1, 0.15) is 17.3 Å². The summed E-state index contributed by atoms with van der Waals surface area (Å²) in [5.41, 5.74) is 2.22. The van der Waals surface area contributed by atoms with Crippen LogP contribution in [0.15, 0.2) is 52.9 Å². The van der Waals surface area contributed by atoms with Gasteiger partial charge in [0, 0.05) is 13.3 Å². The number of ether oxygens (including phenoxy) is 2. The largest absolute Gasteiger partial charge is 0.464 e. The number of oxazole rings is 1. The molecule has 1 amide bonds. The lowest BCUT2D eigenvalue weighted by Crippen LogP contribution is -2.42. The van der Waals surface area contributed by atoms with E-state index in [1.54, 1.807) is 19.1 Å². The highest BCUT2D eigenvalue weighted by Crippen LogP contribution is 2.25. The molecule has 1 aromatic heterocycles. The molecule has 0 spiro atoms. The van der Waals surface area contributed by atoms with E-state index in [9.17, 15) is 9.59 Å². The maximum Gasteiger partial charge on any atom is 0.400 e. The second-order valence-electron chi connectivity index (χ2n) is 5.90. The van der Waals surface area contributed by atoms with Gasteiger partial charge in [0.15, 0.2) is 5.58 Å². The number of carbonyl (C=O) groups is 2. The smallest absolute Gasteiger partial charge is 0.400 e. The molecule has 0 aliphatic rings. The molecular weight excluding hydrogens is 348 g/mol. The molecule has 27 heavy (non-hydrogen) atoms. The number of aromatic nitrogens is 1. The Morgan fingerprint density at radius 2 is 1.89 bits per heavy atom. The van der Waals surface area contributed by atoms with Gasteiger partial charge in [-0.1, -0.05) is 24.3 Å².